The normalized spacial score (nSPS) is 13.6. The molecule has 1 aliphatic carbocycles. The highest BCUT2D eigenvalue weighted by atomic mass is 79.9. The number of carbonyl (C=O) groups is 2. The van der Waals surface area contributed by atoms with Crippen molar-refractivity contribution in [2.75, 3.05) is 20.7 Å². The molecule has 1 N–H and O–H groups in total. The molecule has 148 valence electrons. The van der Waals surface area contributed by atoms with E-state index in [-0.39, 0.29) is 12.5 Å². The molecule has 0 heterocycles. The number of carbonyl (C=O) groups excluding carboxylic acids is 2. The van der Waals surface area contributed by atoms with Gasteiger partial charge in [0.15, 0.2) is 6.29 Å². The maximum absolute atomic E-state index is 10.7. The summed E-state index contributed by atoms with van der Waals surface area (Å²) >= 11 is 3.44. The Morgan fingerprint density at radius 2 is 1.78 bits per heavy atom. The summed E-state index contributed by atoms with van der Waals surface area (Å²) in [5.74, 6) is 0.802. The van der Waals surface area contributed by atoms with Crippen LogP contribution in [0.5, 0.6) is 0 Å². The molecule has 1 saturated carbocycles. The lowest BCUT2D eigenvalue weighted by molar-refractivity contribution is -0.139. The first kappa shape index (κ1) is 23.3. The Kier molecular flexibility index (Phi) is 11.6. The van der Waals surface area contributed by atoms with Gasteiger partial charge in [0, 0.05) is 10.0 Å². The molecule has 0 saturated heterocycles. The second-order valence-electron chi connectivity index (χ2n) is 6.65. The van der Waals surface area contributed by atoms with Crippen LogP contribution in [0.2, 0.25) is 0 Å². The first-order valence-corrected chi connectivity index (χ1v) is 10.2. The molecule has 1 fully saturated rings. The first-order chi connectivity index (χ1) is 13.0. The van der Waals surface area contributed by atoms with E-state index in [2.05, 4.69) is 32.9 Å². The van der Waals surface area contributed by atoms with Crippen LogP contribution in [0.3, 0.4) is 0 Å². The monoisotopic (exact) mass is 435 g/mol. The topological polar surface area (TPSA) is 55.4 Å². The van der Waals surface area contributed by atoms with Gasteiger partial charge in [0.2, 0.25) is 0 Å². The van der Waals surface area contributed by atoms with E-state index in [1.807, 2.05) is 36.4 Å². The first-order valence-electron chi connectivity index (χ1n) is 9.37. The largest absolute Gasteiger partial charge is 0.468 e. The summed E-state index contributed by atoms with van der Waals surface area (Å²) in [6.45, 7) is 2.65. The van der Waals surface area contributed by atoms with Crippen LogP contribution in [-0.4, -0.2) is 33.0 Å². The van der Waals surface area contributed by atoms with Crippen LogP contribution in [0, 0.1) is 5.92 Å². The average molecular weight is 436 g/mol. The van der Waals surface area contributed by atoms with Crippen molar-refractivity contribution in [3.63, 3.8) is 0 Å². The van der Waals surface area contributed by atoms with Crippen LogP contribution < -0.4 is 5.32 Å². The Labute approximate surface area is 170 Å². The van der Waals surface area contributed by atoms with E-state index in [0.717, 1.165) is 33.0 Å². The molecule has 5 heteroatoms. The molecule has 0 atom stereocenters. The second-order valence-corrected chi connectivity index (χ2v) is 7.50. The lowest BCUT2D eigenvalue weighted by atomic mass is 9.91. The maximum atomic E-state index is 10.7. The highest BCUT2D eigenvalue weighted by Crippen LogP contribution is 2.25. The fraction of sp³-hybridized carbons (Fsp3) is 0.455. The van der Waals surface area contributed by atoms with Crippen LogP contribution in [0.1, 0.15) is 49.4 Å². The third-order valence-corrected chi connectivity index (χ3v) is 5.17. The van der Waals surface area contributed by atoms with E-state index >= 15 is 0 Å². The van der Waals surface area contributed by atoms with Gasteiger partial charge in [0.1, 0.15) is 0 Å². The minimum absolute atomic E-state index is 0.234. The zero-order valence-corrected chi connectivity index (χ0v) is 18.1. The highest BCUT2D eigenvalue weighted by molar-refractivity contribution is 9.10. The molecular weight excluding hydrogens is 406 g/mol. The van der Waals surface area contributed by atoms with Crippen LogP contribution in [-0.2, 0) is 9.53 Å². The van der Waals surface area contributed by atoms with Crippen molar-refractivity contribution < 1.29 is 14.3 Å². The van der Waals surface area contributed by atoms with E-state index in [0.29, 0.717) is 0 Å². The lowest BCUT2D eigenvalue weighted by Gasteiger charge is -2.15. The molecule has 2 aromatic carbocycles. The van der Waals surface area contributed by atoms with E-state index < -0.39 is 0 Å². The molecule has 0 amide bonds. The molecule has 1 aliphatic rings. The molecule has 0 unspecified atom stereocenters. The van der Waals surface area contributed by atoms with Crippen molar-refractivity contribution >= 4 is 39.0 Å². The van der Waals surface area contributed by atoms with Crippen molar-refractivity contribution in [3.05, 3.63) is 46.4 Å². The molecule has 0 radical (unpaired) electrons. The van der Waals surface area contributed by atoms with Crippen molar-refractivity contribution in [2.24, 2.45) is 5.92 Å². The smallest absolute Gasteiger partial charge is 0.319 e. The Bertz CT molecular complexity index is 712. The zero-order chi connectivity index (χ0) is 20.1. The van der Waals surface area contributed by atoms with Gasteiger partial charge in [-0.3, -0.25) is 9.59 Å². The number of ether oxygens (including phenoxy) is 1. The molecule has 4 nitrogen and oxygen atoms in total. The van der Waals surface area contributed by atoms with Gasteiger partial charge in [-0.05, 0) is 35.9 Å². The van der Waals surface area contributed by atoms with Crippen LogP contribution in [0.25, 0.3) is 10.8 Å². The predicted octanol–water partition coefficient (Wildman–Crippen LogP) is 5.38. The third kappa shape index (κ3) is 8.67. The molecule has 0 spiro atoms. The number of hydrogen-bond acceptors (Lipinski definition) is 4. The molecule has 3 rings (SSSR count). The Balaban J connectivity index is 0.000000223. The van der Waals surface area contributed by atoms with Crippen LogP contribution in [0.15, 0.2) is 40.9 Å². The van der Waals surface area contributed by atoms with Crippen molar-refractivity contribution in [1.82, 2.24) is 5.32 Å². The van der Waals surface area contributed by atoms with E-state index in [1.54, 1.807) is 7.05 Å². The summed E-state index contributed by atoms with van der Waals surface area (Å²) in [6, 6.07) is 11.5. The third-order valence-electron chi connectivity index (χ3n) is 4.47. The quantitative estimate of drug-likeness (QED) is 0.519. The summed E-state index contributed by atoms with van der Waals surface area (Å²) < 4.78 is 5.31. The summed E-state index contributed by atoms with van der Waals surface area (Å²) in [4.78, 5) is 20.8. The van der Waals surface area contributed by atoms with Crippen LogP contribution in [0.4, 0.5) is 0 Å². The number of fused-ring (bicyclic) bond motifs is 1. The van der Waals surface area contributed by atoms with E-state index in [4.69, 9.17) is 0 Å². The molecular formula is C22H30BrNO3. The Morgan fingerprint density at radius 1 is 1.15 bits per heavy atom. The molecule has 27 heavy (non-hydrogen) atoms. The summed E-state index contributed by atoms with van der Waals surface area (Å²) in [7, 11) is 3.05. The zero-order valence-electron chi connectivity index (χ0n) is 16.5. The number of aldehydes is 1. The number of rotatable bonds is 3. The number of nitrogens with one attached hydrogen (secondary N) is 1. The van der Waals surface area contributed by atoms with Gasteiger partial charge in [-0.1, -0.05) is 79.2 Å². The van der Waals surface area contributed by atoms with E-state index in [1.165, 1.54) is 39.2 Å². The number of methoxy groups -OCH3 is 1. The predicted molar refractivity (Wildman–Crippen MR) is 115 cm³/mol. The SMILES string of the molecule is CC1CCCCC1.CNCC(=O)OC.O=Cc1ccc(Br)c2ccccc12. The number of halogens is 1. The van der Waals surface area contributed by atoms with Gasteiger partial charge in [0.25, 0.3) is 0 Å². The number of benzene rings is 2. The highest BCUT2D eigenvalue weighted by Gasteiger charge is 2.06. The maximum Gasteiger partial charge on any atom is 0.319 e. The van der Waals surface area contributed by atoms with Crippen LogP contribution >= 0.6 is 15.9 Å². The fourth-order valence-corrected chi connectivity index (χ4v) is 3.39. The Hall–Kier alpha value is -1.72. The van der Waals surface area contributed by atoms with Crippen molar-refractivity contribution in [1.29, 1.82) is 0 Å². The molecule has 2 aromatic rings. The summed E-state index contributed by atoms with van der Waals surface area (Å²) in [6.07, 6.45) is 8.32. The molecule has 0 bridgehead atoms. The van der Waals surface area contributed by atoms with E-state index in [9.17, 15) is 9.59 Å². The summed E-state index contributed by atoms with van der Waals surface area (Å²) in [5.41, 5.74) is 0.735. The van der Waals surface area contributed by atoms with Gasteiger partial charge >= 0.3 is 5.97 Å². The summed E-state index contributed by atoms with van der Waals surface area (Å²) in [5, 5.41) is 4.71. The lowest BCUT2D eigenvalue weighted by Crippen LogP contribution is -2.19. The van der Waals surface area contributed by atoms with Crippen molar-refractivity contribution in [3.8, 4) is 0 Å². The second kappa shape index (κ2) is 13.4. The number of hydrogen-bond donors (Lipinski definition) is 1. The number of esters is 1. The molecule has 0 aliphatic heterocycles. The fourth-order valence-electron chi connectivity index (χ4n) is 2.91. The van der Waals surface area contributed by atoms with Gasteiger partial charge in [-0.25, -0.2) is 0 Å². The van der Waals surface area contributed by atoms with Gasteiger partial charge < -0.3 is 10.1 Å². The average Bonchev–Trinajstić information content (AvgIpc) is 2.70. The van der Waals surface area contributed by atoms with Crippen molar-refractivity contribution in [2.45, 2.75) is 39.0 Å². The number of likely N-dealkylation sites (N-methyl/N-ethyl adjacent to an activating group) is 1. The van der Waals surface area contributed by atoms with Gasteiger partial charge in [0.05, 0.1) is 13.7 Å². The Morgan fingerprint density at radius 3 is 2.22 bits per heavy atom. The minimum atomic E-state index is -0.234. The van der Waals surface area contributed by atoms with Gasteiger partial charge in [-0.15, -0.1) is 0 Å². The molecule has 0 aromatic heterocycles. The minimum Gasteiger partial charge on any atom is -0.468 e. The van der Waals surface area contributed by atoms with Gasteiger partial charge in [-0.2, -0.15) is 0 Å². The standard InChI is InChI=1S/C11H7BrO.C7H14.C4H9NO2/c12-11-6-5-8(7-13)9-3-1-2-4-10(9)11;1-7-5-3-2-4-6-7;1-5-3-4(6)7-2/h1-7H;7H,2-6H2,1H3;5H,3H2,1-2H3.